The molecule has 0 aromatic carbocycles. The third-order valence-corrected chi connectivity index (χ3v) is 6.22. The highest BCUT2D eigenvalue weighted by Gasteiger charge is 2.07. The molecule has 0 radical (unpaired) electrons. The summed E-state index contributed by atoms with van der Waals surface area (Å²) in [6, 6.07) is 0. The van der Waals surface area contributed by atoms with Crippen molar-refractivity contribution in [2.45, 2.75) is 109 Å². The minimum absolute atomic E-state index is 0.0791. The van der Waals surface area contributed by atoms with Crippen LogP contribution >= 0.6 is 9.66 Å². The molecule has 0 saturated heterocycles. The van der Waals surface area contributed by atoms with E-state index in [0.717, 1.165) is 12.8 Å². The van der Waals surface area contributed by atoms with Gasteiger partial charge < -0.3 is 5.11 Å². The number of aliphatic hydroxyl groups is 1. The molecule has 0 amide bonds. The van der Waals surface area contributed by atoms with Crippen LogP contribution in [0.4, 0.5) is 0 Å². The molecule has 2 heteroatoms. The Hall–Kier alpha value is -0.730. The molecule has 158 valence electrons. The highest BCUT2D eigenvalue weighted by Crippen LogP contribution is 2.16. The third-order valence-electron chi connectivity index (χ3n) is 5.32. The first kappa shape index (κ1) is 26.3. The zero-order valence-electron chi connectivity index (χ0n) is 17.9. The highest BCUT2D eigenvalue weighted by molar-refractivity contribution is 8.10. The van der Waals surface area contributed by atoms with Crippen LogP contribution in [-0.2, 0) is 0 Å². The molecular formula is C25H46OS. The molecule has 27 heavy (non-hydrogen) atoms. The van der Waals surface area contributed by atoms with Gasteiger partial charge in [-0.1, -0.05) is 114 Å². The Bertz CT molecular complexity index is 478. The fraction of sp³-hybridized carbons (Fsp3) is 0.720. The molecule has 1 N–H and O–H groups in total. The predicted molar refractivity (Wildman–Crippen MR) is 132 cm³/mol. The number of aliphatic hydroxyl groups excluding tert-OH is 1. The van der Waals surface area contributed by atoms with E-state index in [1.54, 1.807) is 0 Å². The molecule has 0 spiro atoms. The van der Waals surface area contributed by atoms with Crippen molar-refractivity contribution < 1.29 is 5.11 Å². The minimum atomic E-state index is -0.511. The lowest BCUT2D eigenvalue weighted by atomic mass is 10.0. The Morgan fingerprint density at radius 1 is 0.667 bits per heavy atom. The van der Waals surface area contributed by atoms with E-state index >= 15 is 0 Å². The second kappa shape index (κ2) is 20.0. The van der Waals surface area contributed by atoms with Gasteiger partial charge in [0.25, 0.3) is 0 Å². The van der Waals surface area contributed by atoms with Crippen LogP contribution in [0.15, 0.2) is 25.3 Å². The van der Waals surface area contributed by atoms with Crippen molar-refractivity contribution in [3.63, 3.8) is 0 Å². The molecule has 0 heterocycles. The van der Waals surface area contributed by atoms with Crippen LogP contribution in [0, 0.1) is 5.92 Å². The fourth-order valence-corrected chi connectivity index (χ4v) is 4.15. The molecule has 0 rings (SSSR count). The first-order valence-corrected chi connectivity index (χ1v) is 12.8. The smallest absolute Gasteiger partial charge is 0.0987 e. The second-order valence-corrected chi connectivity index (χ2v) is 9.25. The Morgan fingerprint density at radius 3 is 1.37 bits per heavy atom. The van der Waals surface area contributed by atoms with Crippen molar-refractivity contribution in [1.29, 1.82) is 0 Å². The van der Waals surface area contributed by atoms with Gasteiger partial charge in [-0.05, 0) is 19.3 Å². The summed E-state index contributed by atoms with van der Waals surface area (Å²) in [4.78, 5) is 0. The number of unbranched alkanes of at least 4 members (excludes halogenated alkanes) is 15. The zero-order chi connectivity index (χ0) is 20.2. The molecule has 0 fully saturated rings. The predicted octanol–water partition coefficient (Wildman–Crippen LogP) is 8.43. The first-order chi connectivity index (χ1) is 13.1. The van der Waals surface area contributed by atoms with Crippen LogP contribution < -0.4 is 0 Å². The molecule has 1 nitrogen and oxygen atoms in total. The summed E-state index contributed by atoms with van der Waals surface area (Å²) in [5, 5.41) is 10.4. The molecule has 0 aromatic heterocycles. The minimum Gasteiger partial charge on any atom is -0.355 e. The number of hydrogen-bond donors (Lipinski definition) is 1. The molecule has 0 aliphatic carbocycles. The Balaban J connectivity index is 3.31. The van der Waals surface area contributed by atoms with Gasteiger partial charge in [0.15, 0.2) is 0 Å². The van der Waals surface area contributed by atoms with E-state index < -0.39 is 9.66 Å². The first-order valence-electron chi connectivity index (χ1n) is 11.3. The van der Waals surface area contributed by atoms with Crippen molar-refractivity contribution in [3.05, 3.63) is 25.3 Å². The average Bonchev–Trinajstić information content (AvgIpc) is 2.66. The summed E-state index contributed by atoms with van der Waals surface area (Å²) >= 11 is 0. The second-order valence-electron chi connectivity index (χ2n) is 7.84. The van der Waals surface area contributed by atoms with Gasteiger partial charge in [0.05, 0.1) is 5.05 Å². The lowest BCUT2D eigenvalue weighted by molar-refractivity contribution is 0.492. The molecule has 1 unspecified atom stereocenters. The summed E-state index contributed by atoms with van der Waals surface area (Å²) in [5.74, 6) is 7.71. The number of hydrogen-bond acceptors (Lipinski definition) is 0. The van der Waals surface area contributed by atoms with E-state index in [9.17, 15) is 5.11 Å². The van der Waals surface area contributed by atoms with E-state index in [2.05, 4.69) is 24.9 Å². The van der Waals surface area contributed by atoms with Gasteiger partial charge in [0, 0.05) is 5.92 Å². The van der Waals surface area contributed by atoms with E-state index in [4.69, 9.17) is 0 Å². The van der Waals surface area contributed by atoms with Gasteiger partial charge in [-0.15, -0.1) is 13.2 Å². The summed E-state index contributed by atoms with van der Waals surface area (Å²) in [5.41, 5.74) is 0. The number of rotatable bonds is 20. The van der Waals surface area contributed by atoms with E-state index in [1.165, 1.54) is 96.3 Å². The molecule has 0 bridgehead atoms. The van der Waals surface area contributed by atoms with Crippen LogP contribution in [0.3, 0.4) is 0 Å². The van der Waals surface area contributed by atoms with Crippen LogP contribution in [0.2, 0.25) is 0 Å². The van der Waals surface area contributed by atoms with Crippen molar-refractivity contribution in [2.75, 3.05) is 0 Å². The topological polar surface area (TPSA) is 20.2 Å². The van der Waals surface area contributed by atoms with E-state index in [1.807, 2.05) is 12.2 Å². The van der Waals surface area contributed by atoms with Crippen molar-refractivity contribution >= 4 is 26.5 Å². The molecule has 0 aromatic rings. The van der Waals surface area contributed by atoms with Crippen LogP contribution in [0.25, 0.3) is 0 Å². The normalized spacial score (nSPS) is 11.9. The molecule has 0 saturated carbocycles. The maximum Gasteiger partial charge on any atom is 0.0987 e. The molecular weight excluding hydrogens is 348 g/mol. The summed E-state index contributed by atoms with van der Waals surface area (Å²) < 4.78 is 0. The average molecular weight is 395 g/mol. The molecule has 0 aliphatic rings. The van der Waals surface area contributed by atoms with Gasteiger partial charge >= 0.3 is 0 Å². The summed E-state index contributed by atoms with van der Waals surface area (Å²) in [7, 11) is -0.511. The van der Waals surface area contributed by atoms with Crippen molar-refractivity contribution in [1.82, 2.24) is 0 Å². The summed E-state index contributed by atoms with van der Waals surface area (Å²) in [6.07, 6.45) is 26.6. The van der Waals surface area contributed by atoms with E-state index in [0.29, 0.717) is 5.05 Å². The Labute approximate surface area is 172 Å². The van der Waals surface area contributed by atoms with Crippen molar-refractivity contribution in [2.24, 2.45) is 5.92 Å². The van der Waals surface area contributed by atoms with Crippen LogP contribution in [0.5, 0.6) is 0 Å². The summed E-state index contributed by atoms with van der Waals surface area (Å²) in [6.45, 7) is 7.60. The standard InChI is InChI=1S/C25H46OS/c1-5-7-8-9-10-11-12-13-14-15-16-17-18-19-20-21-22-23-24(6-2)25(26)27(3)4/h5-6,24,26H,1-4,7-23H2. The zero-order valence-corrected chi connectivity index (χ0v) is 18.8. The van der Waals surface area contributed by atoms with Gasteiger partial charge in [-0.25, -0.2) is 0 Å². The lowest BCUT2D eigenvalue weighted by Crippen LogP contribution is -2.09. The van der Waals surface area contributed by atoms with Crippen molar-refractivity contribution in [3.8, 4) is 0 Å². The third kappa shape index (κ3) is 17.1. The van der Waals surface area contributed by atoms with Gasteiger partial charge in [-0.2, -0.15) is 9.66 Å². The van der Waals surface area contributed by atoms with Crippen LogP contribution in [0.1, 0.15) is 109 Å². The van der Waals surface area contributed by atoms with Gasteiger partial charge in [-0.3, -0.25) is 0 Å². The Morgan fingerprint density at radius 2 is 1.04 bits per heavy atom. The van der Waals surface area contributed by atoms with Crippen LogP contribution in [-0.4, -0.2) is 21.9 Å². The largest absolute Gasteiger partial charge is 0.355 e. The fourth-order valence-electron chi connectivity index (χ4n) is 3.51. The monoisotopic (exact) mass is 394 g/mol. The maximum atomic E-state index is 9.95. The van der Waals surface area contributed by atoms with E-state index in [-0.39, 0.29) is 5.92 Å². The molecule has 1 atom stereocenters. The lowest BCUT2D eigenvalue weighted by Gasteiger charge is -2.10. The number of allylic oxidation sites excluding steroid dienone is 1. The molecule has 0 aliphatic heterocycles. The van der Waals surface area contributed by atoms with Gasteiger partial charge in [0.2, 0.25) is 0 Å². The quantitative estimate of drug-likeness (QED) is 0.125. The highest BCUT2D eigenvalue weighted by atomic mass is 32.1. The van der Waals surface area contributed by atoms with Gasteiger partial charge in [0.1, 0.15) is 0 Å². The Kier molecular flexibility index (Phi) is 19.5. The maximum absolute atomic E-state index is 9.95. The SMILES string of the molecule is C=CCCCCCCCCCCCCCCCCCC(C=C)C(O)=S(=C)=C.